The van der Waals surface area contributed by atoms with Crippen molar-refractivity contribution in [1.82, 2.24) is 24.5 Å². The number of nitrogens with zero attached hydrogens (tertiary/aromatic N) is 5. The van der Waals surface area contributed by atoms with Crippen molar-refractivity contribution in [1.29, 1.82) is 0 Å². The molecular formula is C22H31F3N6O3. The highest BCUT2D eigenvalue weighted by molar-refractivity contribution is 5.69. The average molecular weight is 485 g/mol. The summed E-state index contributed by atoms with van der Waals surface area (Å²) in [6.07, 6.45) is -0.0863. The maximum atomic E-state index is 12.7. The summed E-state index contributed by atoms with van der Waals surface area (Å²) in [4.78, 5) is 22.9. The van der Waals surface area contributed by atoms with Crippen LogP contribution in [0, 0.1) is 0 Å². The third-order valence-electron chi connectivity index (χ3n) is 6.03. The van der Waals surface area contributed by atoms with Crippen molar-refractivity contribution in [2.75, 3.05) is 11.9 Å². The highest BCUT2D eigenvalue weighted by atomic mass is 19.4. The van der Waals surface area contributed by atoms with E-state index in [4.69, 9.17) is 9.47 Å². The number of nitrogens with one attached hydrogen (secondary N) is 1. The Morgan fingerprint density at radius 2 is 1.82 bits per heavy atom. The second-order valence-corrected chi connectivity index (χ2v) is 10.3. The van der Waals surface area contributed by atoms with E-state index in [-0.39, 0.29) is 42.1 Å². The molecule has 4 heterocycles. The van der Waals surface area contributed by atoms with Gasteiger partial charge in [0.05, 0.1) is 6.20 Å². The fourth-order valence-electron chi connectivity index (χ4n) is 4.68. The van der Waals surface area contributed by atoms with Crippen LogP contribution >= 0.6 is 0 Å². The number of aromatic nitrogens is 4. The van der Waals surface area contributed by atoms with Crippen molar-refractivity contribution in [3.63, 3.8) is 0 Å². The smallest absolute Gasteiger partial charge is 0.422 e. The average Bonchev–Trinajstić information content (AvgIpc) is 3.24. The molecule has 34 heavy (non-hydrogen) atoms. The predicted octanol–water partition coefficient (Wildman–Crippen LogP) is 4.53. The molecule has 2 saturated heterocycles. The molecule has 0 radical (unpaired) electrons. The summed E-state index contributed by atoms with van der Waals surface area (Å²) in [6.45, 7) is 7.95. The zero-order chi connectivity index (χ0) is 24.8. The summed E-state index contributed by atoms with van der Waals surface area (Å²) < 4.78 is 50.1. The standard InChI is InChI=1S/C22H31F3N6O3/c1-12(2)16-10-26-31-17(16)28-19(33-11-22(23,24)25)29-18(31)27-13-8-14-6-7-15(9-13)30(14)20(32)34-21(3,4)5/h10,12-15H,6-9,11H2,1-5H3,(H,27,28,29). The number of fused-ring (bicyclic) bond motifs is 3. The minimum absolute atomic E-state index is 0.0215. The van der Waals surface area contributed by atoms with Gasteiger partial charge >= 0.3 is 18.3 Å². The molecule has 4 rings (SSSR count). The quantitative estimate of drug-likeness (QED) is 0.666. The van der Waals surface area contributed by atoms with Crippen LogP contribution < -0.4 is 10.1 Å². The van der Waals surface area contributed by atoms with E-state index in [1.807, 2.05) is 39.5 Å². The molecule has 1 N–H and O–H groups in total. The normalized spacial score (nSPS) is 23.0. The molecule has 1 amide bonds. The summed E-state index contributed by atoms with van der Waals surface area (Å²) in [6, 6.07) is -0.359. The van der Waals surface area contributed by atoms with E-state index in [0.717, 1.165) is 18.4 Å². The van der Waals surface area contributed by atoms with Crippen LogP contribution in [-0.2, 0) is 4.74 Å². The van der Waals surface area contributed by atoms with Gasteiger partial charge in [0.25, 0.3) is 0 Å². The molecule has 2 aromatic rings. The van der Waals surface area contributed by atoms with Gasteiger partial charge in [-0.1, -0.05) is 13.8 Å². The van der Waals surface area contributed by atoms with Crippen LogP contribution in [0.2, 0.25) is 0 Å². The molecule has 0 saturated carbocycles. The van der Waals surface area contributed by atoms with E-state index in [9.17, 15) is 18.0 Å². The van der Waals surface area contributed by atoms with E-state index in [0.29, 0.717) is 18.5 Å². The van der Waals surface area contributed by atoms with E-state index in [1.165, 1.54) is 4.52 Å². The second kappa shape index (κ2) is 8.77. The van der Waals surface area contributed by atoms with Crippen LogP contribution in [0.1, 0.15) is 71.8 Å². The molecule has 2 unspecified atom stereocenters. The number of hydrogen-bond donors (Lipinski definition) is 1. The van der Waals surface area contributed by atoms with Gasteiger partial charge in [-0.2, -0.15) is 32.8 Å². The Labute approximate surface area is 196 Å². The first-order valence-electron chi connectivity index (χ1n) is 11.5. The van der Waals surface area contributed by atoms with Crippen LogP contribution in [0.15, 0.2) is 6.20 Å². The first-order valence-corrected chi connectivity index (χ1v) is 11.5. The van der Waals surface area contributed by atoms with Crippen molar-refractivity contribution < 1.29 is 27.4 Å². The fraction of sp³-hybridized carbons (Fsp3) is 0.727. The minimum atomic E-state index is -4.50. The van der Waals surface area contributed by atoms with Gasteiger partial charge in [0.15, 0.2) is 12.3 Å². The molecule has 2 aromatic heterocycles. The summed E-state index contributed by atoms with van der Waals surface area (Å²) in [7, 11) is 0. The largest absolute Gasteiger partial charge is 0.454 e. The molecule has 9 nitrogen and oxygen atoms in total. The Kier molecular flexibility index (Phi) is 6.28. The molecule has 2 aliphatic heterocycles. The highest BCUT2D eigenvalue weighted by Gasteiger charge is 2.45. The number of hydrogen-bond acceptors (Lipinski definition) is 7. The van der Waals surface area contributed by atoms with Gasteiger partial charge in [-0.05, 0) is 52.4 Å². The van der Waals surface area contributed by atoms with Crippen molar-refractivity contribution in [2.24, 2.45) is 0 Å². The molecular weight excluding hydrogens is 453 g/mol. The summed E-state index contributed by atoms with van der Waals surface area (Å²) in [5, 5.41) is 7.69. The monoisotopic (exact) mass is 484 g/mol. The third-order valence-corrected chi connectivity index (χ3v) is 6.03. The summed E-state index contributed by atoms with van der Waals surface area (Å²) in [5.41, 5.74) is 0.611. The minimum Gasteiger partial charge on any atom is -0.454 e. The van der Waals surface area contributed by atoms with E-state index in [2.05, 4.69) is 20.4 Å². The zero-order valence-corrected chi connectivity index (χ0v) is 20.0. The number of carbonyl (C=O) groups is 1. The first kappa shape index (κ1) is 24.3. The maximum Gasteiger partial charge on any atom is 0.422 e. The number of ether oxygens (including phenoxy) is 2. The number of carbonyl (C=O) groups excluding carboxylic acids is 1. The van der Waals surface area contributed by atoms with Crippen LogP contribution in [0.3, 0.4) is 0 Å². The third kappa shape index (κ3) is 5.30. The zero-order valence-electron chi connectivity index (χ0n) is 20.0. The van der Waals surface area contributed by atoms with Crippen molar-refractivity contribution >= 4 is 17.7 Å². The molecule has 0 aromatic carbocycles. The number of anilines is 1. The van der Waals surface area contributed by atoms with Crippen molar-refractivity contribution in [3.8, 4) is 6.01 Å². The molecule has 12 heteroatoms. The highest BCUT2D eigenvalue weighted by Crippen LogP contribution is 2.38. The molecule has 2 bridgehead atoms. The van der Waals surface area contributed by atoms with Gasteiger partial charge in [0.1, 0.15) is 5.60 Å². The Bertz CT molecular complexity index is 1030. The predicted molar refractivity (Wildman–Crippen MR) is 118 cm³/mol. The second-order valence-electron chi connectivity index (χ2n) is 10.3. The molecule has 2 aliphatic rings. The van der Waals surface area contributed by atoms with Gasteiger partial charge in [0, 0.05) is 23.7 Å². The Balaban J connectivity index is 1.56. The lowest BCUT2D eigenvalue weighted by molar-refractivity contribution is -0.154. The first-order chi connectivity index (χ1) is 15.8. The summed E-state index contributed by atoms with van der Waals surface area (Å²) in [5.74, 6) is 0.327. The Morgan fingerprint density at radius 1 is 1.18 bits per heavy atom. The molecule has 0 aliphatic carbocycles. The van der Waals surface area contributed by atoms with Gasteiger partial charge in [-0.15, -0.1) is 0 Å². The van der Waals surface area contributed by atoms with Crippen LogP contribution in [0.25, 0.3) is 5.65 Å². The van der Waals surface area contributed by atoms with Gasteiger partial charge in [-0.25, -0.2) is 4.79 Å². The van der Waals surface area contributed by atoms with Gasteiger partial charge in [0.2, 0.25) is 5.95 Å². The van der Waals surface area contributed by atoms with Crippen LogP contribution in [0.5, 0.6) is 6.01 Å². The molecule has 0 spiro atoms. The van der Waals surface area contributed by atoms with Crippen LogP contribution in [-0.4, -0.2) is 67.1 Å². The Hall–Kier alpha value is -2.79. The van der Waals surface area contributed by atoms with Crippen LogP contribution in [0.4, 0.5) is 23.9 Å². The van der Waals surface area contributed by atoms with Crippen molar-refractivity contribution in [2.45, 2.75) is 96.1 Å². The number of alkyl halides is 3. The number of rotatable bonds is 5. The molecule has 2 fully saturated rings. The fourth-order valence-corrected chi connectivity index (χ4v) is 4.68. The molecule has 2 atom stereocenters. The molecule has 188 valence electrons. The Morgan fingerprint density at radius 3 is 2.38 bits per heavy atom. The van der Waals surface area contributed by atoms with Gasteiger partial charge < -0.3 is 19.7 Å². The SMILES string of the molecule is CC(C)c1cnn2c(NC3CC4CCC(C3)N4C(=O)OC(C)(C)C)nc(OCC(F)(F)F)nc12. The van der Waals surface area contributed by atoms with E-state index in [1.54, 1.807) is 6.20 Å². The van der Waals surface area contributed by atoms with Gasteiger partial charge in [-0.3, -0.25) is 0 Å². The summed E-state index contributed by atoms with van der Waals surface area (Å²) >= 11 is 0. The lowest BCUT2D eigenvalue weighted by Crippen LogP contribution is -2.51. The number of halogens is 3. The van der Waals surface area contributed by atoms with E-state index >= 15 is 0 Å². The lowest BCUT2D eigenvalue weighted by Gasteiger charge is -2.39. The maximum absolute atomic E-state index is 12.7. The lowest BCUT2D eigenvalue weighted by atomic mass is 9.98. The van der Waals surface area contributed by atoms with Crippen molar-refractivity contribution in [3.05, 3.63) is 11.8 Å². The number of amides is 1. The van der Waals surface area contributed by atoms with E-state index < -0.39 is 18.4 Å². The number of piperidine rings is 1. The topological polar surface area (TPSA) is 93.9 Å².